The third kappa shape index (κ3) is 22.7. The minimum Gasteiger partial charge on any atom is -0.508 e. The van der Waals surface area contributed by atoms with Gasteiger partial charge in [-0.25, -0.2) is 4.79 Å². The summed E-state index contributed by atoms with van der Waals surface area (Å²) < 4.78 is 0. The molecule has 474 valence electrons. The lowest BCUT2D eigenvalue weighted by molar-refractivity contribution is -0.142. The number of nitrogens with one attached hydrogen (secondary N) is 7. The van der Waals surface area contributed by atoms with Crippen LogP contribution in [0, 0.1) is 5.92 Å². The van der Waals surface area contributed by atoms with Gasteiger partial charge in [0, 0.05) is 61.7 Å². The monoisotopic (exact) mass is 1270 g/mol. The topological polar surface area (TPSA) is 290 Å². The predicted octanol–water partition coefficient (Wildman–Crippen LogP) is 6.67. The second-order valence-electron chi connectivity index (χ2n) is 22.0. The van der Waals surface area contributed by atoms with E-state index < -0.39 is 83.6 Å². The van der Waals surface area contributed by atoms with E-state index in [1.54, 1.807) is 123 Å². The van der Waals surface area contributed by atoms with E-state index in [-0.39, 0.29) is 55.2 Å². The molecule has 0 saturated heterocycles. The number of rotatable bonds is 33. The fourth-order valence-electron chi connectivity index (χ4n) is 9.62. The highest BCUT2D eigenvalue weighted by molar-refractivity contribution is 7.98. The fourth-order valence-corrected chi connectivity index (χ4v) is 10.4. The number of benzene rings is 5. The number of phenols is 1. The van der Waals surface area contributed by atoms with Crippen LogP contribution in [0.25, 0.3) is 12.2 Å². The average molecular weight is 1270 g/mol. The highest BCUT2D eigenvalue weighted by Gasteiger charge is 2.35. The number of thioether (sulfide) groups is 1. The Morgan fingerprint density at radius 3 is 1.47 bits per heavy atom. The Bertz CT molecular complexity index is 3500. The number of anilines is 1. The molecule has 0 bridgehead atoms. The number of nitrogens with zero attached hydrogens (tertiary/aromatic N) is 3. The highest BCUT2D eigenvalue weighted by atomic mass is 32.2. The fraction of sp³-hybridized carbons (Fsp3) is 0.275. The number of aromatic hydroxyl groups is 1. The molecule has 7 amide bonds. The summed E-state index contributed by atoms with van der Waals surface area (Å²) in [5, 5.41) is 39.5. The Balaban J connectivity index is 0.987. The SMILES string of the molecule is CSCCC(NC(=O)[C@H](Cc1ccccc1)NC(=O)[C@H](Cc1ccc(O)cc1)NC(=O)[C@H](CS)NC(=O)c1ccc(/C=C/c2ccc(NC(=O)CN(Cc3ccccn3)Cc3ccccn3)cc2)cc1)C(=O)N[C@H](C(=O)N[C@@H](Cc1ccccc1)C(=O)O)C(C)C. The first-order valence-corrected chi connectivity index (χ1v) is 31.7. The zero-order chi connectivity index (χ0) is 65.1. The molecule has 7 rings (SSSR count). The first kappa shape index (κ1) is 68.8. The molecule has 1 unspecified atom stereocenters. The summed E-state index contributed by atoms with van der Waals surface area (Å²) in [6.07, 6.45) is 8.95. The molecule has 0 fully saturated rings. The maximum Gasteiger partial charge on any atom is 0.326 e. The van der Waals surface area contributed by atoms with Gasteiger partial charge in [0.1, 0.15) is 42.0 Å². The molecule has 0 aliphatic heterocycles. The first-order valence-electron chi connectivity index (χ1n) is 29.6. The van der Waals surface area contributed by atoms with Gasteiger partial charge in [-0.2, -0.15) is 24.4 Å². The molecule has 0 aliphatic carbocycles. The molecule has 20 nitrogen and oxygen atoms in total. The van der Waals surface area contributed by atoms with E-state index >= 15 is 0 Å². The quantitative estimate of drug-likeness (QED) is 0.0152. The van der Waals surface area contributed by atoms with E-state index in [0.717, 1.165) is 22.5 Å². The van der Waals surface area contributed by atoms with Crippen LogP contribution < -0.4 is 37.2 Å². The molecule has 2 aromatic heterocycles. The van der Waals surface area contributed by atoms with Crippen LogP contribution in [0.2, 0.25) is 0 Å². The van der Waals surface area contributed by atoms with Crippen LogP contribution in [0.4, 0.5) is 5.69 Å². The Kier molecular flexibility index (Phi) is 26.9. The Morgan fingerprint density at radius 1 is 0.527 bits per heavy atom. The molecule has 0 radical (unpaired) electrons. The average Bonchev–Trinajstić information content (AvgIpc) is 3.66. The molecular weight excluding hydrogens is 1190 g/mol. The second-order valence-corrected chi connectivity index (χ2v) is 23.3. The molecule has 2 heterocycles. The number of hydrogen-bond acceptors (Lipinski definition) is 14. The lowest BCUT2D eigenvalue weighted by Gasteiger charge is -2.28. The molecule has 91 heavy (non-hydrogen) atoms. The van der Waals surface area contributed by atoms with Crippen LogP contribution in [0.3, 0.4) is 0 Å². The van der Waals surface area contributed by atoms with Crippen molar-refractivity contribution in [2.75, 3.05) is 29.6 Å². The van der Waals surface area contributed by atoms with Gasteiger partial charge in [-0.1, -0.05) is 135 Å². The highest BCUT2D eigenvalue weighted by Crippen LogP contribution is 2.18. The third-order valence-electron chi connectivity index (χ3n) is 14.5. The van der Waals surface area contributed by atoms with Crippen LogP contribution in [0.5, 0.6) is 5.75 Å². The number of carboxylic acid groups (broad SMARTS) is 1. The third-order valence-corrected chi connectivity index (χ3v) is 15.6. The van der Waals surface area contributed by atoms with Crippen molar-refractivity contribution < 1.29 is 48.6 Å². The van der Waals surface area contributed by atoms with Gasteiger partial charge in [-0.05, 0) is 113 Å². The van der Waals surface area contributed by atoms with Gasteiger partial charge in [-0.15, -0.1) is 0 Å². The number of thiol groups is 1. The maximum absolute atomic E-state index is 14.6. The molecule has 0 aliphatic rings. The van der Waals surface area contributed by atoms with Crippen LogP contribution in [-0.2, 0) is 65.9 Å². The summed E-state index contributed by atoms with van der Waals surface area (Å²) in [7, 11) is 0. The van der Waals surface area contributed by atoms with E-state index in [0.29, 0.717) is 41.2 Å². The van der Waals surface area contributed by atoms with Crippen LogP contribution in [-0.4, -0.2) is 133 Å². The smallest absolute Gasteiger partial charge is 0.326 e. The zero-order valence-corrected chi connectivity index (χ0v) is 52.4. The molecule has 9 N–H and O–H groups in total. The van der Waals surface area contributed by atoms with Gasteiger partial charge in [0.2, 0.25) is 35.4 Å². The summed E-state index contributed by atoms with van der Waals surface area (Å²) in [6, 6.07) is 41.3. The summed E-state index contributed by atoms with van der Waals surface area (Å²) in [6.45, 7) is 4.42. The normalized spacial score (nSPS) is 13.2. The Labute approximate surface area is 539 Å². The number of hydrogen-bond donors (Lipinski definition) is 10. The number of amides is 7. The lowest BCUT2D eigenvalue weighted by atomic mass is 10.00. The molecule has 0 spiro atoms. The standard InChI is InChI=1S/C69H76N10O10S2/c1-45(2)62(68(87)76-59(69(88)89)40-49-16-8-5-9-17-49)78-64(83)56(34-37-91-3)73-65(84)57(38-48-14-6-4-7-15-48)74-66(85)58(39-50-26-32-55(80)33-27-50)75-67(86)60(44-90)77-63(82)51-28-22-46(23-29-51)20-21-47-24-30-52(31-25-47)72-61(81)43-79(41-53-18-10-12-35-70-53)42-54-19-11-13-36-71-54/h4-33,35-36,45,56-60,62,80,90H,34,37-44H2,1-3H3,(H,72,81)(H,73,84)(H,74,85)(H,75,86)(H,76,87)(H,77,82)(H,78,83)(H,88,89)/b21-20+/t56?,57-,58-,59-,60-,62-/m0/s1. The van der Waals surface area contributed by atoms with Crippen molar-refractivity contribution in [2.24, 2.45) is 5.92 Å². The molecule has 22 heteroatoms. The number of phenolic OH excluding ortho intramolecular Hbond substituents is 1. The van der Waals surface area contributed by atoms with Crippen molar-refractivity contribution in [3.8, 4) is 5.75 Å². The molecule has 6 atom stereocenters. The van der Waals surface area contributed by atoms with Crippen molar-refractivity contribution >= 4 is 89.5 Å². The number of aromatic nitrogens is 2. The number of carbonyl (C=O) groups excluding carboxylic acids is 7. The minimum absolute atomic E-state index is 0.00121. The zero-order valence-electron chi connectivity index (χ0n) is 50.7. The number of aliphatic carboxylic acids is 1. The largest absolute Gasteiger partial charge is 0.508 e. The van der Waals surface area contributed by atoms with E-state index in [1.165, 1.54) is 23.9 Å². The van der Waals surface area contributed by atoms with E-state index in [4.69, 9.17) is 0 Å². The van der Waals surface area contributed by atoms with Crippen LogP contribution >= 0.6 is 24.4 Å². The molecular formula is C69H76N10O10S2. The first-order chi connectivity index (χ1) is 43.9. The van der Waals surface area contributed by atoms with Gasteiger partial charge >= 0.3 is 5.97 Å². The van der Waals surface area contributed by atoms with Crippen molar-refractivity contribution in [3.63, 3.8) is 0 Å². The van der Waals surface area contributed by atoms with Gasteiger partial charge in [0.25, 0.3) is 5.91 Å². The summed E-state index contributed by atoms with van der Waals surface area (Å²) >= 11 is 5.81. The maximum atomic E-state index is 14.6. The van der Waals surface area contributed by atoms with Gasteiger partial charge in [0.15, 0.2) is 0 Å². The van der Waals surface area contributed by atoms with Crippen LogP contribution in [0.15, 0.2) is 182 Å². The number of pyridine rings is 2. The van der Waals surface area contributed by atoms with Crippen molar-refractivity contribution in [1.29, 1.82) is 0 Å². The van der Waals surface area contributed by atoms with E-state index in [2.05, 4.69) is 59.8 Å². The summed E-state index contributed by atoms with van der Waals surface area (Å²) in [5.74, 6) is -6.08. The number of carboxylic acids is 1. The minimum atomic E-state index is -1.36. The van der Waals surface area contributed by atoms with Gasteiger partial charge in [0.05, 0.1) is 17.9 Å². The lowest BCUT2D eigenvalue weighted by Crippen LogP contribution is -2.61. The molecule has 7 aromatic rings. The van der Waals surface area contributed by atoms with Crippen molar-refractivity contribution in [3.05, 3.63) is 227 Å². The van der Waals surface area contributed by atoms with Crippen molar-refractivity contribution in [1.82, 2.24) is 46.8 Å². The second kappa shape index (κ2) is 35.5. The number of carbonyl (C=O) groups is 8. The molecule has 0 saturated carbocycles. The predicted molar refractivity (Wildman–Crippen MR) is 355 cm³/mol. The van der Waals surface area contributed by atoms with Crippen molar-refractivity contribution in [2.45, 2.75) is 88.9 Å². The summed E-state index contributed by atoms with van der Waals surface area (Å²) in [5.41, 5.74) is 6.01. The molecule has 5 aromatic carbocycles. The van der Waals surface area contributed by atoms with E-state index in [1.807, 2.05) is 84.0 Å². The van der Waals surface area contributed by atoms with E-state index in [9.17, 15) is 48.6 Å². The Hall–Kier alpha value is -9.64. The van der Waals surface area contributed by atoms with Crippen LogP contribution in [0.1, 0.15) is 69.8 Å². The van der Waals surface area contributed by atoms with Gasteiger partial charge < -0.3 is 47.4 Å². The Morgan fingerprint density at radius 2 is 0.989 bits per heavy atom. The van der Waals surface area contributed by atoms with Gasteiger partial charge in [-0.3, -0.25) is 48.4 Å². The summed E-state index contributed by atoms with van der Waals surface area (Å²) in [4.78, 5) is 121.